The van der Waals surface area contributed by atoms with Crippen molar-refractivity contribution in [1.82, 2.24) is 0 Å². The normalized spacial score (nSPS) is 22.5. The SMILES string of the molecule is COC(=O)C1(CO)CCOc2ccc(F)cc21. The molecule has 0 spiro atoms. The van der Waals surface area contributed by atoms with E-state index in [1.165, 1.54) is 25.3 Å². The van der Waals surface area contributed by atoms with Gasteiger partial charge in [0.15, 0.2) is 0 Å². The van der Waals surface area contributed by atoms with E-state index in [4.69, 9.17) is 9.47 Å². The van der Waals surface area contributed by atoms with Gasteiger partial charge < -0.3 is 14.6 Å². The van der Waals surface area contributed by atoms with E-state index in [1.807, 2.05) is 0 Å². The number of esters is 1. The van der Waals surface area contributed by atoms with Crippen LogP contribution in [0.15, 0.2) is 18.2 Å². The Labute approximate surface area is 98.0 Å². The summed E-state index contributed by atoms with van der Waals surface area (Å²) >= 11 is 0. The molecule has 1 atom stereocenters. The first kappa shape index (κ1) is 11.9. The first-order chi connectivity index (χ1) is 8.14. The van der Waals surface area contributed by atoms with Crippen molar-refractivity contribution in [2.24, 2.45) is 0 Å². The van der Waals surface area contributed by atoms with Gasteiger partial charge in [-0.1, -0.05) is 0 Å². The Morgan fingerprint density at radius 3 is 3.06 bits per heavy atom. The van der Waals surface area contributed by atoms with Gasteiger partial charge in [-0.3, -0.25) is 4.79 Å². The van der Waals surface area contributed by atoms with Gasteiger partial charge in [0, 0.05) is 12.0 Å². The molecule has 1 aromatic carbocycles. The second-order valence-corrected chi connectivity index (χ2v) is 3.97. The molecular weight excluding hydrogens is 227 g/mol. The number of halogens is 1. The Bertz CT molecular complexity index is 446. The van der Waals surface area contributed by atoms with Crippen LogP contribution in [0.25, 0.3) is 0 Å². The predicted molar refractivity (Wildman–Crippen MR) is 57.3 cm³/mol. The van der Waals surface area contributed by atoms with Crippen LogP contribution in [0.3, 0.4) is 0 Å². The summed E-state index contributed by atoms with van der Waals surface area (Å²) in [7, 11) is 1.24. The maximum absolute atomic E-state index is 13.3. The number of hydrogen-bond acceptors (Lipinski definition) is 4. The number of methoxy groups -OCH3 is 1. The van der Waals surface area contributed by atoms with Gasteiger partial charge in [-0.2, -0.15) is 0 Å². The molecule has 1 N–H and O–H groups in total. The highest BCUT2D eigenvalue weighted by Crippen LogP contribution is 2.39. The van der Waals surface area contributed by atoms with Gasteiger partial charge in [-0.05, 0) is 18.2 Å². The van der Waals surface area contributed by atoms with Crippen LogP contribution in [-0.2, 0) is 14.9 Å². The second kappa shape index (κ2) is 4.33. The number of ether oxygens (including phenoxy) is 2. The maximum Gasteiger partial charge on any atom is 0.318 e. The van der Waals surface area contributed by atoms with Crippen LogP contribution in [0.5, 0.6) is 5.75 Å². The Kier molecular flexibility index (Phi) is 3.02. The molecule has 0 saturated carbocycles. The fourth-order valence-electron chi connectivity index (χ4n) is 2.11. The number of carbonyl (C=O) groups excluding carboxylic acids is 1. The van der Waals surface area contributed by atoms with Crippen molar-refractivity contribution in [3.05, 3.63) is 29.6 Å². The van der Waals surface area contributed by atoms with E-state index < -0.39 is 23.8 Å². The van der Waals surface area contributed by atoms with Crippen molar-refractivity contribution in [2.75, 3.05) is 20.3 Å². The third-order valence-electron chi connectivity index (χ3n) is 3.09. The monoisotopic (exact) mass is 240 g/mol. The molecule has 0 bridgehead atoms. The van der Waals surface area contributed by atoms with Gasteiger partial charge in [0.25, 0.3) is 0 Å². The quantitative estimate of drug-likeness (QED) is 0.784. The molecule has 1 aromatic rings. The summed E-state index contributed by atoms with van der Waals surface area (Å²) < 4.78 is 23.3. The summed E-state index contributed by atoms with van der Waals surface area (Å²) in [6.45, 7) is -0.145. The van der Waals surface area contributed by atoms with Crippen LogP contribution in [0, 0.1) is 5.82 Å². The standard InChI is InChI=1S/C12H13FO4/c1-16-11(15)12(7-14)4-5-17-10-3-2-8(13)6-9(10)12/h2-3,6,14H,4-5,7H2,1H3. The minimum atomic E-state index is -1.22. The predicted octanol–water partition coefficient (Wildman–Crippen LogP) is 1.01. The molecule has 0 aromatic heterocycles. The third kappa shape index (κ3) is 1.76. The molecule has 1 aliphatic heterocycles. The summed E-state index contributed by atoms with van der Waals surface area (Å²) in [5.74, 6) is -0.636. The van der Waals surface area contributed by atoms with Crippen molar-refractivity contribution in [1.29, 1.82) is 0 Å². The van der Waals surface area contributed by atoms with Gasteiger partial charge >= 0.3 is 5.97 Å². The van der Waals surface area contributed by atoms with Crippen LogP contribution in [0.2, 0.25) is 0 Å². The average Bonchev–Trinajstić information content (AvgIpc) is 2.37. The highest BCUT2D eigenvalue weighted by molar-refractivity contribution is 5.84. The van der Waals surface area contributed by atoms with E-state index in [-0.39, 0.29) is 13.0 Å². The van der Waals surface area contributed by atoms with E-state index in [2.05, 4.69) is 0 Å². The molecule has 1 unspecified atom stereocenters. The fourth-order valence-corrected chi connectivity index (χ4v) is 2.11. The molecule has 4 nitrogen and oxygen atoms in total. The molecule has 0 radical (unpaired) electrons. The lowest BCUT2D eigenvalue weighted by Gasteiger charge is -2.34. The molecule has 0 amide bonds. The molecule has 0 saturated heterocycles. The van der Waals surface area contributed by atoms with E-state index >= 15 is 0 Å². The Balaban J connectivity index is 2.58. The highest BCUT2D eigenvalue weighted by Gasteiger charge is 2.45. The largest absolute Gasteiger partial charge is 0.493 e. The lowest BCUT2D eigenvalue weighted by Crippen LogP contribution is -2.44. The Morgan fingerprint density at radius 1 is 1.65 bits per heavy atom. The van der Waals surface area contributed by atoms with Crippen molar-refractivity contribution < 1.29 is 23.8 Å². The number of carbonyl (C=O) groups is 1. The van der Waals surface area contributed by atoms with E-state index in [0.29, 0.717) is 11.3 Å². The first-order valence-electron chi connectivity index (χ1n) is 5.26. The molecular formula is C12H13FO4. The van der Waals surface area contributed by atoms with E-state index in [1.54, 1.807) is 0 Å². The second-order valence-electron chi connectivity index (χ2n) is 3.97. The van der Waals surface area contributed by atoms with Crippen molar-refractivity contribution in [2.45, 2.75) is 11.8 Å². The lowest BCUT2D eigenvalue weighted by molar-refractivity contribution is -0.150. The lowest BCUT2D eigenvalue weighted by atomic mass is 9.76. The summed E-state index contributed by atoms with van der Waals surface area (Å²) in [5, 5.41) is 9.50. The summed E-state index contributed by atoms with van der Waals surface area (Å²) in [6, 6.07) is 3.92. The Hall–Kier alpha value is -1.62. The van der Waals surface area contributed by atoms with Crippen molar-refractivity contribution in [3.63, 3.8) is 0 Å². The number of rotatable bonds is 2. The summed E-state index contributed by atoms with van der Waals surface area (Å²) in [5.41, 5.74) is -0.872. The maximum atomic E-state index is 13.3. The minimum absolute atomic E-state index is 0.270. The molecule has 0 aliphatic carbocycles. The zero-order valence-corrected chi connectivity index (χ0v) is 9.40. The van der Waals surface area contributed by atoms with Gasteiger partial charge in [0.05, 0.1) is 20.3 Å². The number of hydrogen-bond donors (Lipinski definition) is 1. The van der Waals surface area contributed by atoms with E-state index in [9.17, 15) is 14.3 Å². The van der Waals surface area contributed by atoms with Gasteiger partial charge in [-0.25, -0.2) is 4.39 Å². The minimum Gasteiger partial charge on any atom is -0.493 e. The number of fused-ring (bicyclic) bond motifs is 1. The third-order valence-corrected chi connectivity index (χ3v) is 3.09. The number of aliphatic hydroxyl groups excluding tert-OH is 1. The smallest absolute Gasteiger partial charge is 0.318 e. The molecule has 5 heteroatoms. The molecule has 92 valence electrons. The van der Waals surface area contributed by atoms with E-state index in [0.717, 1.165) is 0 Å². The molecule has 1 heterocycles. The fraction of sp³-hybridized carbons (Fsp3) is 0.417. The van der Waals surface area contributed by atoms with Crippen LogP contribution in [0.1, 0.15) is 12.0 Å². The molecule has 2 rings (SSSR count). The van der Waals surface area contributed by atoms with Crippen LogP contribution >= 0.6 is 0 Å². The summed E-state index contributed by atoms with van der Waals surface area (Å²) in [6.07, 6.45) is 0.270. The number of benzene rings is 1. The summed E-state index contributed by atoms with van der Waals surface area (Å²) in [4.78, 5) is 11.8. The molecule has 1 aliphatic rings. The Morgan fingerprint density at radius 2 is 2.41 bits per heavy atom. The van der Waals surface area contributed by atoms with Gasteiger partial charge in [0.2, 0.25) is 0 Å². The van der Waals surface area contributed by atoms with Gasteiger partial charge in [0.1, 0.15) is 17.0 Å². The zero-order chi connectivity index (χ0) is 12.5. The van der Waals surface area contributed by atoms with Crippen LogP contribution < -0.4 is 4.74 Å². The number of aliphatic hydroxyl groups is 1. The van der Waals surface area contributed by atoms with Gasteiger partial charge in [-0.15, -0.1) is 0 Å². The molecule has 17 heavy (non-hydrogen) atoms. The average molecular weight is 240 g/mol. The van der Waals surface area contributed by atoms with Crippen molar-refractivity contribution in [3.8, 4) is 5.75 Å². The first-order valence-corrected chi connectivity index (χ1v) is 5.26. The van der Waals surface area contributed by atoms with Crippen molar-refractivity contribution >= 4 is 5.97 Å². The molecule has 0 fully saturated rings. The highest BCUT2D eigenvalue weighted by atomic mass is 19.1. The zero-order valence-electron chi connectivity index (χ0n) is 9.40. The van der Waals surface area contributed by atoms with Crippen LogP contribution in [0.4, 0.5) is 4.39 Å². The van der Waals surface area contributed by atoms with Crippen LogP contribution in [-0.4, -0.2) is 31.4 Å². The topological polar surface area (TPSA) is 55.8 Å².